The Morgan fingerprint density at radius 3 is 2.25 bits per heavy atom. The van der Waals surface area contributed by atoms with Crippen molar-refractivity contribution >= 4 is 23.4 Å². The third kappa shape index (κ3) is 4.00. The van der Waals surface area contributed by atoms with E-state index in [1.165, 1.54) is 12.1 Å². The lowest BCUT2D eigenvalue weighted by Gasteiger charge is -2.37. The molecule has 8 heteroatoms. The average molecular weight is 433 g/mol. The zero-order valence-electron chi connectivity index (χ0n) is 18.0. The summed E-state index contributed by atoms with van der Waals surface area (Å²) < 4.78 is 13.3. The lowest BCUT2D eigenvalue weighted by atomic mass is 9.94. The molecule has 1 saturated heterocycles. The van der Waals surface area contributed by atoms with Crippen molar-refractivity contribution in [2.75, 3.05) is 36.4 Å². The zero-order chi connectivity index (χ0) is 22.1. The first kappa shape index (κ1) is 20.4. The fourth-order valence-electron chi connectivity index (χ4n) is 4.19. The Labute approximate surface area is 186 Å². The number of aryl methyl sites for hydroxylation is 1. The number of piperazine rings is 1. The topological polar surface area (TPSA) is 74.2 Å². The molecule has 7 nitrogen and oxygen atoms in total. The standard InChI is InChI=1S/C24H25FN6O/c1-17-2-7-20(26-16-17)27-21-8-9-22(29-28-21)30-12-14-31(15-13-30)23(32)24(10-11-24)18-3-5-19(25)6-4-18/h2-9,16H,10-15H2,1H3,(H,26,27,28). The van der Waals surface area contributed by atoms with Crippen molar-refractivity contribution in [1.29, 1.82) is 0 Å². The third-order valence-electron chi connectivity index (χ3n) is 6.27. The lowest BCUT2D eigenvalue weighted by Crippen LogP contribution is -2.51. The second-order valence-electron chi connectivity index (χ2n) is 8.49. The van der Waals surface area contributed by atoms with Crippen molar-refractivity contribution in [3.05, 3.63) is 71.7 Å². The number of carbonyl (C=O) groups is 1. The minimum absolute atomic E-state index is 0.153. The highest BCUT2D eigenvalue weighted by Gasteiger charge is 2.53. The van der Waals surface area contributed by atoms with E-state index in [2.05, 4.69) is 25.4 Å². The van der Waals surface area contributed by atoms with Gasteiger partial charge < -0.3 is 15.1 Å². The van der Waals surface area contributed by atoms with E-state index in [9.17, 15) is 9.18 Å². The van der Waals surface area contributed by atoms with Gasteiger partial charge in [-0.05, 0) is 61.2 Å². The number of halogens is 1. The molecular weight excluding hydrogens is 407 g/mol. The Hall–Kier alpha value is -3.55. The van der Waals surface area contributed by atoms with Crippen molar-refractivity contribution in [3.8, 4) is 0 Å². The first-order chi connectivity index (χ1) is 15.5. The molecule has 0 radical (unpaired) electrons. The van der Waals surface area contributed by atoms with E-state index < -0.39 is 5.41 Å². The highest BCUT2D eigenvalue weighted by molar-refractivity contribution is 5.91. The van der Waals surface area contributed by atoms with Crippen LogP contribution < -0.4 is 10.2 Å². The summed E-state index contributed by atoms with van der Waals surface area (Å²) in [4.78, 5) is 21.6. The molecule has 0 unspecified atom stereocenters. The molecule has 164 valence electrons. The maximum absolute atomic E-state index is 13.3. The monoisotopic (exact) mass is 432 g/mol. The van der Waals surface area contributed by atoms with Gasteiger partial charge in [-0.3, -0.25) is 4.79 Å². The molecule has 2 fully saturated rings. The fourth-order valence-corrected chi connectivity index (χ4v) is 4.19. The van der Waals surface area contributed by atoms with Crippen LogP contribution in [0.25, 0.3) is 0 Å². The van der Waals surface area contributed by atoms with Crippen LogP contribution in [0.5, 0.6) is 0 Å². The van der Waals surface area contributed by atoms with Gasteiger partial charge in [-0.25, -0.2) is 9.37 Å². The molecule has 1 amide bonds. The molecule has 1 aliphatic carbocycles. The van der Waals surface area contributed by atoms with Crippen LogP contribution in [0.1, 0.15) is 24.0 Å². The number of amides is 1. The molecule has 1 aromatic carbocycles. The summed E-state index contributed by atoms with van der Waals surface area (Å²) in [6.45, 7) is 4.66. The number of benzene rings is 1. The Morgan fingerprint density at radius 2 is 1.66 bits per heavy atom. The number of aromatic nitrogens is 3. The number of pyridine rings is 1. The van der Waals surface area contributed by atoms with Crippen LogP contribution in [0.15, 0.2) is 54.7 Å². The Balaban J connectivity index is 1.19. The van der Waals surface area contributed by atoms with Crippen LogP contribution in [0.3, 0.4) is 0 Å². The first-order valence-corrected chi connectivity index (χ1v) is 10.9. The normalized spacial score (nSPS) is 17.2. The smallest absolute Gasteiger partial charge is 0.233 e. The largest absolute Gasteiger partial charge is 0.352 e. The highest BCUT2D eigenvalue weighted by atomic mass is 19.1. The van der Waals surface area contributed by atoms with Crippen LogP contribution in [0.2, 0.25) is 0 Å². The predicted molar refractivity (Wildman–Crippen MR) is 120 cm³/mol. The summed E-state index contributed by atoms with van der Waals surface area (Å²) in [5.74, 6) is 2.02. The number of rotatable bonds is 5. The number of hydrogen-bond acceptors (Lipinski definition) is 6. The van der Waals surface area contributed by atoms with Crippen molar-refractivity contribution in [3.63, 3.8) is 0 Å². The van der Waals surface area contributed by atoms with E-state index in [0.717, 1.165) is 35.6 Å². The van der Waals surface area contributed by atoms with Gasteiger partial charge in [0.05, 0.1) is 5.41 Å². The lowest BCUT2D eigenvalue weighted by molar-refractivity contribution is -0.134. The SMILES string of the molecule is Cc1ccc(Nc2ccc(N3CCN(C(=O)C4(c5ccc(F)cc5)CC4)CC3)nn2)nc1. The van der Waals surface area contributed by atoms with Crippen molar-refractivity contribution in [1.82, 2.24) is 20.1 Å². The van der Waals surface area contributed by atoms with Crippen LogP contribution in [-0.4, -0.2) is 52.2 Å². The van der Waals surface area contributed by atoms with Crippen LogP contribution in [-0.2, 0) is 10.2 Å². The molecule has 1 aliphatic heterocycles. The quantitative estimate of drug-likeness (QED) is 0.666. The minimum Gasteiger partial charge on any atom is -0.352 e. The molecule has 2 aromatic heterocycles. The van der Waals surface area contributed by atoms with Gasteiger partial charge in [0, 0.05) is 32.4 Å². The van der Waals surface area contributed by atoms with Gasteiger partial charge in [0.1, 0.15) is 11.6 Å². The number of carbonyl (C=O) groups excluding carboxylic acids is 1. The number of anilines is 3. The van der Waals surface area contributed by atoms with Crippen molar-refractivity contribution < 1.29 is 9.18 Å². The number of nitrogens with zero attached hydrogens (tertiary/aromatic N) is 5. The zero-order valence-corrected chi connectivity index (χ0v) is 18.0. The Morgan fingerprint density at radius 1 is 0.938 bits per heavy atom. The van der Waals surface area contributed by atoms with Gasteiger partial charge in [-0.15, -0.1) is 10.2 Å². The van der Waals surface area contributed by atoms with Gasteiger partial charge >= 0.3 is 0 Å². The van der Waals surface area contributed by atoms with Gasteiger partial charge in [0.2, 0.25) is 5.91 Å². The second kappa shape index (κ2) is 8.18. The van der Waals surface area contributed by atoms with Crippen molar-refractivity contribution in [2.45, 2.75) is 25.2 Å². The van der Waals surface area contributed by atoms with Crippen molar-refractivity contribution in [2.24, 2.45) is 0 Å². The number of hydrogen-bond donors (Lipinski definition) is 1. The van der Waals surface area contributed by atoms with E-state index in [4.69, 9.17) is 0 Å². The fraction of sp³-hybridized carbons (Fsp3) is 0.333. The molecular formula is C24H25FN6O. The summed E-state index contributed by atoms with van der Waals surface area (Å²) in [5, 5.41) is 11.8. The van der Waals surface area contributed by atoms with Gasteiger partial charge in [0.25, 0.3) is 0 Å². The molecule has 0 atom stereocenters. The highest BCUT2D eigenvalue weighted by Crippen LogP contribution is 2.49. The van der Waals surface area contributed by atoms with Crippen LogP contribution in [0, 0.1) is 12.7 Å². The van der Waals surface area contributed by atoms with E-state index in [1.807, 2.05) is 36.1 Å². The van der Waals surface area contributed by atoms with E-state index in [-0.39, 0.29) is 11.7 Å². The van der Waals surface area contributed by atoms with Gasteiger partial charge in [-0.2, -0.15) is 0 Å². The molecule has 0 spiro atoms. The first-order valence-electron chi connectivity index (χ1n) is 10.9. The molecule has 32 heavy (non-hydrogen) atoms. The maximum atomic E-state index is 13.3. The molecule has 0 bridgehead atoms. The van der Waals surface area contributed by atoms with Crippen LogP contribution >= 0.6 is 0 Å². The molecule has 2 aliphatic rings. The molecule has 3 aromatic rings. The maximum Gasteiger partial charge on any atom is 0.233 e. The Kier molecular flexibility index (Phi) is 5.20. The summed E-state index contributed by atoms with van der Waals surface area (Å²) in [5.41, 5.74) is 1.55. The molecule has 3 heterocycles. The van der Waals surface area contributed by atoms with Crippen LogP contribution in [0.4, 0.5) is 21.8 Å². The summed E-state index contributed by atoms with van der Waals surface area (Å²) in [6, 6.07) is 14.1. The van der Waals surface area contributed by atoms with Gasteiger partial charge in [0.15, 0.2) is 11.6 Å². The van der Waals surface area contributed by atoms with E-state index >= 15 is 0 Å². The predicted octanol–water partition coefficient (Wildman–Crippen LogP) is 3.44. The molecule has 5 rings (SSSR count). The third-order valence-corrected chi connectivity index (χ3v) is 6.27. The summed E-state index contributed by atoms with van der Waals surface area (Å²) in [7, 11) is 0. The number of nitrogens with one attached hydrogen (secondary N) is 1. The minimum atomic E-state index is -0.465. The van der Waals surface area contributed by atoms with Gasteiger partial charge in [-0.1, -0.05) is 18.2 Å². The molecule has 1 N–H and O–H groups in total. The summed E-state index contributed by atoms with van der Waals surface area (Å²) in [6.07, 6.45) is 3.45. The second-order valence-corrected chi connectivity index (χ2v) is 8.49. The van der Waals surface area contributed by atoms with E-state index in [1.54, 1.807) is 18.3 Å². The van der Waals surface area contributed by atoms with E-state index in [0.29, 0.717) is 32.0 Å². The Bertz CT molecular complexity index is 1090. The molecule has 1 saturated carbocycles. The average Bonchev–Trinajstić information content (AvgIpc) is 3.63. The summed E-state index contributed by atoms with van der Waals surface area (Å²) >= 11 is 0.